The molecule has 112 valence electrons. The normalized spacial score (nSPS) is 27.2. The fraction of sp³-hybridized carbons (Fsp3) is 0.625. The van der Waals surface area contributed by atoms with Crippen LogP contribution in [0.25, 0.3) is 0 Å². The van der Waals surface area contributed by atoms with Gasteiger partial charge in [-0.3, -0.25) is 4.90 Å². The molecule has 0 amide bonds. The molecule has 0 saturated carbocycles. The summed E-state index contributed by atoms with van der Waals surface area (Å²) < 4.78 is 19.9. The molecule has 0 radical (unpaired) electrons. The average Bonchev–Trinajstić information content (AvgIpc) is 2.40. The van der Waals surface area contributed by atoms with Crippen molar-refractivity contribution in [2.75, 3.05) is 13.1 Å². The predicted molar refractivity (Wildman–Crippen MR) is 79.0 cm³/mol. The zero-order chi connectivity index (χ0) is 14.7. The van der Waals surface area contributed by atoms with Gasteiger partial charge in [0.25, 0.3) is 0 Å². The highest BCUT2D eigenvalue weighted by Crippen LogP contribution is 2.30. The Morgan fingerprint density at radius 3 is 2.45 bits per heavy atom. The van der Waals surface area contributed by atoms with Crippen LogP contribution in [0.15, 0.2) is 24.3 Å². The molecule has 1 heterocycles. The molecule has 1 aromatic carbocycles. The summed E-state index contributed by atoms with van der Waals surface area (Å²) in [5.74, 6) is -0.173. The van der Waals surface area contributed by atoms with E-state index in [1.54, 1.807) is 6.07 Å². The second-order valence-electron chi connectivity index (χ2n) is 5.75. The third-order valence-corrected chi connectivity index (χ3v) is 3.94. The van der Waals surface area contributed by atoms with Crippen LogP contribution in [0, 0.1) is 5.82 Å². The molecule has 0 aliphatic carbocycles. The quantitative estimate of drug-likeness (QED) is 0.921. The largest absolute Gasteiger partial charge is 0.373 e. The highest BCUT2D eigenvalue weighted by Gasteiger charge is 2.33. The van der Waals surface area contributed by atoms with Crippen molar-refractivity contribution >= 4 is 0 Å². The standard InChI is InChI=1S/C16H25FN2O/c1-4-15(18)16(13-7-5-6-8-14(13)17)19-9-11(2)20-12(3)10-19/h5-8,11-12,15-16H,4,9-10,18H2,1-3H3. The third kappa shape index (κ3) is 3.37. The summed E-state index contributed by atoms with van der Waals surface area (Å²) in [5, 5.41) is 0. The molecule has 0 bridgehead atoms. The second-order valence-corrected chi connectivity index (χ2v) is 5.75. The first-order chi connectivity index (χ1) is 9.52. The van der Waals surface area contributed by atoms with Gasteiger partial charge < -0.3 is 10.5 Å². The molecule has 1 fully saturated rings. The summed E-state index contributed by atoms with van der Waals surface area (Å²) in [6.45, 7) is 7.73. The summed E-state index contributed by atoms with van der Waals surface area (Å²) >= 11 is 0. The third-order valence-electron chi connectivity index (χ3n) is 3.94. The zero-order valence-electron chi connectivity index (χ0n) is 12.6. The molecule has 1 aliphatic heterocycles. The van der Waals surface area contributed by atoms with Gasteiger partial charge in [-0.25, -0.2) is 4.39 Å². The molecule has 20 heavy (non-hydrogen) atoms. The monoisotopic (exact) mass is 280 g/mol. The number of hydrogen-bond donors (Lipinski definition) is 1. The molecule has 4 atom stereocenters. The highest BCUT2D eigenvalue weighted by atomic mass is 19.1. The Balaban J connectivity index is 2.30. The van der Waals surface area contributed by atoms with E-state index in [0.29, 0.717) is 5.56 Å². The van der Waals surface area contributed by atoms with Gasteiger partial charge in [0.2, 0.25) is 0 Å². The maximum Gasteiger partial charge on any atom is 0.128 e. The lowest BCUT2D eigenvalue weighted by Gasteiger charge is -2.42. The Morgan fingerprint density at radius 1 is 1.30 bits per heavy atom. The SMILES string of the molecule is CCC(N)C(c1ccccc1F)N1CC(C)OC(C)C1. The van der Waals surface area contributed by atoms with Crippen molar-refractivity contribution in [3.8, 4) is 0 Å². The molecular formula is C16H25FN2O. The summed E-state index contributed by atoms with van der Waals surface area (Å²) in [7, 11) is 0. The van der Waals surface area contributed by atoms with Crippen LogP contribution in [0.1, 0.15) is 38.8 Å². The van der Waals surface area contributed by atoms with Crippen LogP contribution in [-0.4, -0.2) is 36.2 Å². The van der Waals surface area contributed by atoms with Gasteiger partial charge >= 0.3 is 0 Å². The van der Waals surface area contributed by atoms with Crippen molar-refractivity contribution in [3.63, 3.8) is 0 Å². The van der Waals surface area contributed by atoms with Crippen LogP contribution in [0.5, 0.6) is 0 Å². The maximum absolute atomic E-state index is 14.2. The van der Waals surface area contributed by atoms with E-state index in [9.17, 15) is 4.39 Å². The smallest absolute Gasteiger partial charge is 0.128 e. The predicted octanol–water partition coefficient (Wildman–Crippen LogP) is 2.71. The minimum Gasteiger partial charge on any atom is -0.373 e. The number of rotatable bonds is 4. The molecule has 1 saturated heterocycles. The highest BCUT2D eigenvalue weighted by molar-refractivity contribution is 5.23. The van der Waals surface area contributed by atoms with Gasteiger partial charge in [0, 0.05) is 24.7 Å². The average molecular weight is 280 g/mol. The summed E-state index contributed by atoms with van der Waals surface area (Å²) in [4.78, 5) is 2.27. The molecule has 4 heteroatoms. The van der Waals surface area contributed by atoms with Gasteiger partial charge in [-0.05, 0) is 26.3 Å². The van der Waals surface area contributed by atoms with Crippen molar-refractivity contribution < 1.29 is 9.13 Å². The number of morpholine rings is 1. The van der Waals surface area contributed by atoms with E-state index in [4.69, 9.17) is 10.5 Å². The van der Waals surface area contributed by atoms with Crippen molar-refractivity contribution in [2.24, 2.45) is 5.73 Å². The van der Waals surface area contributed by atoms with E-state index >= 15 is 0 Å². The van der Waals surface area contributed by atoms with Gasteiger partial charge in [0.05, 0.1) is 18.2 Å². The maximum atomic E-state index is 14.2. The Hall–Kier alpha value is -0.970. The molecular weight excluding hydrogens is 255 g/mol. The molecule has 0 aromatic heterocycles. The summed E-state index contributed by atoms with van der Waals surface area (Å²) in [6.07, 6.45) is 1.12. The van der Waals surface area contributed by atoms with Gasteiger partial charge in [-0.15, -0.1) is 0 Å². The van der Waals surface area contributed by atoms with E-state index in [0.717, 1.165) is 19.5 Å². The van der Waals surface area contributed by atoms with Gasteiger partial charge in [-0.2, -0.15) is 0 Å². The Bertz CT molecular complexity index is 430. The van der Waals surface area contributed by atoms with Crippen LogP contribution in [-0.2, 0) is 4.74 Å². The molecule has 2 N–H and O–H groups in total. The van der Waals surface area contributed by atoms with E-state index in [1.165, 1.54) is 6.07 Å². The number of halogens is 1. The Labute approximate surface area is 120 Å². The summed E-state index contributed by atoms with van der Waals surface area (Å²) in [5.41, 5.74) is 6.99. The van der Waals surface area contributed by atoms with Crippen molar-refractivity contribution in [1.82, 2.24) is 4.90 Å². The van der Waals surface area contributed by atoms with Crippen LogP contribution in [0.4, 0.5) is 4.39 Å². The van der Waals surface area contributed by atoms with Crippen LogP contribution in [0.2, 0.25) is 0 Å². The topological polar surface area (TPSA) is 38.5 Å². The number of hydrogen-bond acceptors (Lipinski definition) is 3. The lowest BCUT2D eigenvalue weighted by molar-refractivity contribution is -0.0842. The number of benzene rings is 1. The van der Waals surface area contributed by atoms with Gasteiger partial charge in [-0.1, -0.05) is 25.1 Å². The van der Waals surface area contributed by atoms with E-state index in [2.05, 4.69) is 18.7 Å². The number of nitrogens with zero attached hydrogens (tertiary/aromatic N) is 1. The second kappa shape index (κ2) is 6.66. The Morgan fingerprint density at radius 2 is 1.90 bits per heavy atom. The lowest BCUT2D eigenvalue weighted by Crippen LogP contribution is -2.51. The molecule has 3 nitrogen and oxygen atoms in total. The van der Waals surface area contributed by atoms with Crippen molar-refractivity contribution in [3.05, 3.63) is 35.6 Å². The van der Waals surface area contributed by atoms with Crippen LogP contribution in [0.3, 0.4) is 0 Å². The van der Waals surface area contributed by atoms with Crippen molar-refractivity contribution in [2.45, 2.75) is 51.5 Å². The number of nitrogens with two attached hydrogens (primary N) is 1. The van der Waals surface area contributed by atoms with Crippen molar-refractivity contribution in [1.29, 1.82) is 0 Å². The molecule has 1 aromatic rings. The number of ether oxygens (including phenoxy) is 1. The van der Waals surface area contributed by atoms with Gasteiger partial charge in [0.1, 0.15) is 5.82 Å². The summed E-state index contributed by atoms with van der Waals surface area (Å²) in [6, 6.07) is 6.79. The molecule has 4 unspecified atom stereocenters. The minimum absolute atomic E-state index is 0.0793. The zero-order valence-corrected chi connectivity index (χ0v) is 12.6. The van der Waals surface area contributed by atoms with E-state index in [-0.39, 0.29) is 30.1 Å². The Kier molecular flexibility index (Phi) is 5.13. The first-order valence-corrected chi connectivity index (χ1v) is 7.42. The van der Waals surface area contributed by atoms with Crippen LogP contribution < -0.4 is 5.73 Å². The fourth-order valence-corrected chi connectivity index (χ4v) is 3.08. The fourth-order valence-electron chi connectivity index (χ4n) is 3.08. The van der Waals surface area contributed by atoms with Gasteiger partial charge in [0.15, 0.2) is 0 Å². The van der Waals surface area contributed by atoms with E-state index in [1.807, 2.05) is 19.1 Å². The first kappa shape index (κ1) is 15.4. The first-order valence-electron chi connectivity index (χ1n) is 7.42. The van der Waals surface area contributed by atoms with E-state index < -0.39 is 0 Å². The lowest BCUT2D eigenvalue weighted by atomic mass is 9.94. The van der Waals surface area contributed by atoms with Crippen LogP contribution >= 0.6 is 0 Å². The molecule has 2 rings (SSSR count). The molecule has 0 spiro atoms. The molecule has 1 aliphatic rings. The minimum atomic E-state index is -0.173.